The lowest BCUT2D eigenvalue weighted by Crippen LogP contribution is -2.13. The summed E-state index contributed by atoms with van der Waals surface area (Å²) in [5.74, 6) is 0.961. The molecule has 1 aromatic rings. The van der Waals surface area contributed by atoms with E-state index in [1.807, 2.05) is 17.8 Å². The third kappa shape index (κ3) is 126. The van der Waals surface area contributed by atoms with Crippen LogP contribution in [0.2, 0.25) is 0 Å². The number of hydrogen-bond acceptors (Lipinski definition) is 14. The first kappa shape index (κ1) is 46.1. The highest BCUT2D eigenvalue weighted by Gasteiger charge is 2.06. The summed E-state index contributed by atoms with van der Waals surface area (Å²) in [4.78, 5) is 4.12. The average Bonchev–Trinajstić information content (AvgIpc) is 2.97. The molecule has 0 aliphatic rings. The molecule has 0 saturated heterocycles. The van der Waals surface area contributed by atoms with Gasteiger partial charge in [-0.2, -0.15) is 0 Å². The van der Waals surface area contributed by atoms with Gasteiger partial charge in [-0.25, -0.2) is 4.98 Å². The molecule has 0 spiro atoms. The van der Waals surface area contributed by atoms with Crippen molar-refractivity contribution in [2.24, 2.45) is 12.8 Å². The fourth-order valence-corrected chi connectivity index (χ4v) is 0.917. The summed E-state index contributed by atoms with van der Waals surface area (Å²) in [6.07, 6.45) is 4.61. The van der Waals surface area contributed by atoms with Crippen LogP contribution in [0.5, 0.6) is 0 Å². The Kier molecular flexibility index (Phi) is 45.8. The van der Waals surface area contributed by atoms with Crippen molar-refractivity contribution in [3.63, 3.8) is 0 Å². The lowest BCUT2D eigenvalue weighted by Gasteiger charge is -2.07. The Bertz CT molecular complexity index is 426. The predicted molar refractivity (Wildman–Crippen MR) is 108 cm³/mol. The van der Waals surface area contributed by atoms with Gasteiger partial charge in [0.05, 0.1) is 6.04 Å². The minimum atomic E-state index is -2.67. The third-order valence-electron chi connectivity index (χ3n) is 1.63. The van der Waals surface area contributed by atoms with E-state index in [0.717, 1.165) is 12.2 Å². The van der Waals surface area contributed by atoms with Crippen molar-refractivity contribution in [3.05, 3.63) is 18.2 Å². The Morgan fingerprint density at radius 3 is 1.03 bits per heavy atom. The Hall–Kier alpha value is -1.34. The Balaban J connectivity index is -0.0000000712. The zero-order chi connectivity index (χ0) is 29.0. The largest absolute Gasteiger partial charge is 0.674 e. The summed E-state index contributed by atoms with van der Waals surface area (Å²) in [6, 6.07) is 0.0833. The number of hydrogen-bond donors (Lipinski definition) is 13. The molecule has 0 radical (unpaired) electrons. The first-order valence-corrected chi connectivity index (χ1v) is 7.89. The molecule has 0 bridgehead atoms. The zero-order valence-corrected chi connectivity index (χ0v) is 17.5. The average molecular weight is 522 g/mol. The van der Waals surface area contributed by atoms with Crippen LogP contribution in [0.25, 0.3) is 0 Å². The highest BCUT2D eigenvalue weighted by atomic mass is 19.1. The molecule has 15 nitrogen and oxygen atoms in total. The summed E-state index contributed by atoms with van der Waals surface area (Å²) < 4.78 is 62.6. The number of halogens is 6. The van der Waals surface area contributed by atoms with Gasteiger partial charge in [0, 0.05) is 19.4 Å². The summed E-state index contributed by atoms with van der Waals surface area (Å²) in [6.45, 7) is 2.05. The highest BCUT2D eigenvalue weighted by molar-refractivity contribution is 6.32. The van der Waals surface area contributed by atoms with Gasteiger partial charge in [-0.3, -0.25) is 25.9 Å². The highest BCUT2D eigenvalue weighted by Crippen LogP contribution is 2.08. The van der Waals surface area contributed by atoms with E-state index in [0.29, 0.717) is 0 Å². The van der Waals surface area contributed by atoms with Crippen molar-refractivity contribution in [1.29, 1.82) is 0 Å². The van der Waals surface area contributed by atoms with Gasteiger partial charge in [0.2, 0.25) is 0 Å². The van der Waals surface area contributed by atoms with Gasteiger partial charge in [0.1, 0.15) is 5.82 Å². The number of imidazole rings is 1. The van der Waals surface area contributed by atoms with E-state index in [1.165, 1.54) is 0 Å². The molecule has 1 heterocycles. The van der Waals surface area contributed by atoms with Gasteiger partial charge >= 0.3 is 44.4 Å². The molecule has 200 valence electrons. The fourth-order valence-electron chi connectivity index (χ4n) is 0.917. The summed E-state index contributed by atoms with van der Waals surface area (Å²) in [5.41, 5.74) is 5.76. The van der Waals surface area contributed by atoms with E-state index in [9.17, 15) is 25.9 Å². The smallest absolute Gasteiger partial charge is 0.398 e. The maximum atomic E-state index is 10.1. The van der Waals surface area contributed by atoms with Crippen molar-refractivity contribution in [1.82, 2.24) is 9.55 Å². The van der Waals surface area contributed by atoms with Crippen molar-refractivity contribution < 1.29 is 86.2 Å². The third-order valence-corrected chi connectivity index (χ3v) is 1.63. The van der Waals surface area contributed by atoms with Crippen LogP contribution in [0.3, 0.4) is 0 Å². The monoisotopic (exact) mass is 523 g/mol. The summed E-state index contributed by atoms with van der Waals surface area (Å²) >= 11 is 0. The van der Waals surface area contributed by atoms with Gasteiger partial charge in [0.25, 0.3) is 0 Å². The van der Waals surface area contributed by atoms with Crippen LogP contribution < -0.4 is 5.73 Å². The first-order chi connectivity index (χ1) is 15.1. The van der Waals surface area contributed by atoms with Gasteiger partial charge < -0.3 is 70.6 Å². The SMILES string of the molecule is CCC(N)c1nccn1C.OB(O)F.OB(O)F.OB(O)F.OB(O)F.OB(O)F.OB(O)F. The molecule has 1 unspecified atom stereocenters. The minimum absolute atomic E-state index is 0.0833. The molecule has 1 rings (SSSR count). The summed E-state index contributed by atoms with van der Waals surface area (Å²) in [5, 5.41) is 83.3. The molecule has 0 amide bonds. The lowest BCUT2D eigenvalue weighted by atomic mass is 10.2. The number of aromatic nitrogens is 2. The molecule has 0 saturated carbocycles. The van der Waals surface area contributed by atoms with Crippen LogP contribution in [0, 0.1) is 0 Å². The van der Waals surface area contributed by atoms with Crippen LogP contribution in [0.15, 0.2) is 12.4 Å². The molecule has 14 N–H and O–H groups in total. The van der Waals surface area contributed by atoms with Crippen LogP contribution in [-0.4, -0.2) is 114 Å². The Labute approximate surface area is 191 Å². The molecular weight excluding hydrogens is 497 g/mol. The lowest BCUT2D eigenvalue weighted by molar-refractivity contribution is 0.338. The topological polar surface area (TPSA) is 287 Å². The molecule has 34 heavy (non-hydrogen) atoms. The fraction of sp³-hybridized carbons (Fsp3) is 0.571. The molecule has 0 aliphatic carbocycles. The molecular formula is C7H25B6F6N3O12. The Morgan fingerprint density at radius 1 is 0.706 bits per heavy atom. The Morgan fingerprint density at radius 2 is 0.912 bits per heavy atom. The van der Waals surface area contributed by atoms with Gasteiger partial charge in [-0.15, -0.1) is 0 Å². The first-order valence-electron chi connectivity index (χ1n) is 7.89. The van der Waals surface area contributed by atoms with Crippen LogP contribution in [-0.2, 0) is 7.05 Å². The number of rotatable bonds is 2. The molecule has 27 heteroatoms. The van der Waals surface area contributed by atoms with Crippen molar-refractivity contribution in [3.8, 4) is 0 Å². The minimum Gasteiger partial charge on any atom is -0.398 e. The molecule has 0 aromatic carbocycles. The quantitative estimate of drug-likeness (QED) is 0.127. The van der Waals surface area contributed by atoms with Gasteiger partial charge in [-0.05, 0) is 6.42 Å². The molecule has 1 aromatic heterocycles. The second-order valence-electron chi connectivity index (χ2n) is 4.27. The van der Waals surface area contributed by atoms with E-state index < -0.39 is 44.4 Å². The van der Waals surface area contributed by atoms with Crippen LogP contribution in [0.1, 0.15) is 25.2 Å². The second-order valence-corrected chi connectivity index (χ2v) is 4.27. The van der Waals surface area contributed by atoms with E-state index in [1.54, 1.807) is 6.20 Å². The standard InChI is InChI=1S/C7H13N3.6BFH2O2/c1-3-6(8)7-9-4-5-10(7)2;6*2-1(3)4/h4-6H,3,8H2,1-2H3;6*3-4H. The van der Waals surface area contributed by atoms with Gasteiger partial charge in [0.15, 0.2) is 0 Å². The van der Waals surface area contributed by atoms with Crippen LogP contribution in [0.4, 0.5) is 25.9 Å². The van der Waals surface area contributed by atoms with E-state index >= 15 is 0 Å². The van der Waals surface area contributed by atoms with Gasteiger partial charge in [-0.1, -0.05) is 6.92 Å². The van der Waals surface area contributed by atoms with E-state index in [2.05, 4.69) is 11.9 Å². The maximum absolute atomic E-state index is 10.1. The van der Waals surface area contributed by atoms with Crippen molar-refractivity contribution >= 4 is 44.4 Å². The number of aryl methyl sites for hydroxylation is 1. The van der Waals surface area contributed by atoms with E-state index in [-0.39, 0.29) is 6.04 Å². The molecule has 0 fully saturated rings. The molecule has 0 aliphatic heterocycles. The van der Waals surface area contributed by atoms with Crippen molar-refractivity contribution in [2.45, 2.75) is 19.4 Å². The van der Waals surface area contributed by atoms with E-state index in [4.69, 9.17) is 66.0 Å². The zero-order valence-electron chi connectivity index (χ0n) is 17.5. The maximum Gasteiger partial charge on any atom is 0.674 e. The van der Waals surface area contributed by atoms with Crippen LogP contribution >= 0.6 is 0 Å². The second kappa shape index (κ2) is 33.8. The normalized spacial score (nSPS) is 8.74. The summed E-state index contributed by atoms with van der Waals surface area (Å²) in [7, 11) is -14.0. The van der Waals surface area contributed by atoms with Crippen molar-refractivity contribution in [2.75, 3.05) is 0 Å². The number of nitrogens with two attached hydrogens (primary N) is 1. The number of nitrogens with zero attached hydrogens (tertiary/aromatic N) is 2. The predicted octanol–water partition coefficient (Wildman–Crippen LogP) is -5.62. The molecule has 1 atom stereocenters.